The summed E-state index contributed by atoms with van der Waals surface area (Å²) in [7, 11) is 0. The predicted octanol–water partition coefficient (Wildman–Crippen LogP) is 20.5. The predicted molar refractivity (Wildman–Crippen MR) is 339 cm³/mol. The molecule has 2 nitrogen and oxygen atoms in total. The molecule has 0 unspecified atom stereocenters. The molecule has 0 aliphatic carbocycles. The molecule has 0 atom stereocenters. The van der Waals surface area contributed by atoms with Crippen LogP contribution in [0.15, 0.2) is 279 Å². The van der Waals surface area contributed by atoms with E-state index in [0.717, 1.165) is 0 Å². The van der Waals surface area contributed by atoms with Crippen molar-refractivity contribution in [1.82, 2.24) is 9.13 Å². The van der Waals surface area contributed by atoms with Crippen LogP contribution in [0.5, 0.6) is 0 Å². The largest absolute Gasteiger partial charge is 0.0602 e. The zero-order chi connectivity index (χ0) is 51.7. The molecule has 0 radical (unpaired) electrons. The van der Waals surface area contributed by atoms with Crippen LogP contribution in [0.4, 0.5) is 0 Å². The molecule has 0 fully saturated rings. The molecule has 0 saturated carbocycles. The third-order valence-corrected chi connectivity index (χ3v) is 19.2. The summed E-state index contributed by atoms with van der Waals surface area (Å²) >= 11 is 0.148. The van der Waals surface area contributed by atoms with Crippen LogP contribution in [0.2, 0.25) is 0 Å². The monoisotopic (exact) mass is 1070 g/mol. The van der Waals surface area contributed by atoms with Crippen molar-refractivity contribution in [3.63, 3.8) is 0 Å². The van der Waals surface area contributed by atoms with Gasteiger partial charge in [0.25, 0.3) is 0 Å². The van der Waals surface area contributed by atoms with Crippen LogP contribution < -0.4 is 0 Å². The first-order valence-electron chi connectivity index (χ1n) is 27.2. The zero-order valence-corrected chi connectivity index (χ0v) is 44.6. The van der Waals surface area contributed by atoms with Gasteiger partial charge in [-0.3, -0.25) is 0 Å². The van der Waals surface area contributed by atoms with Gasteiger partial charge in [-0.1, -0.05) is 66.7 Å². The number of aromatic nitrogens is 2. The van der Waals surface area contributed by atoms with Gasteiger partial charge in [0.05, 0.1) is 5.52 Å². The van der Waals surface area contributed by atoms with Crippen molar-refractivity contribution in [3.8, 4) is 55.9 Å². The summed E-state index contributed by atoms with van der Waals surface area (Å²) in [4.78, 5) is 0. The van der Waals surface area contributed by atoms with Gasteiger partial charge in [-0.15, -0.1) is 0 Å². The third kappa shape index (κ3) is 6.65. The minimum absolute atomic E-state index is 0.148. The number of benzene rings is 14. The first kappa shape index (κ1) is 44.4. The standard InChI is InChI=1S/C76H46N2Se/c1-3-19-51(20-4-1)77-67-33-17-15-23-53(67)64-43-47(36-40-69(64)77)73-56-25-7-9-27-58(56)75(59-28-10-8-26-57(59)73)49-38-42-71-66(45-49)55-39-35-50(46-72(55)79-71)76-62-31-13-11-29-60(62)74(61-30-12-14-32-63(61)76)48-37-41-70-65(44-48)54-24-16-18-34-68(54)78(70)52-21-5-2-6-22-52/h1-46H. The molecule has 3 heteroatoms. The van der Waals surface area contributed by atoms with Gasteiger partial charge in [-0.05, 0) is 36.4 Å². The summed E-state index contributed by atoms with van der Waals surface area (Å²) in [5.41, 5.74) is 17.3. The Hall–Kier alpha value is -9.76. The number of rotatable bonds is 6. The Morgan fingerprint density at radius 2 is 0.494 bits per heavy atom. The molecular weight excluding hydrogens is 1020 g/mol. The van der Waals surface area contributed by atoms with Gasteiger partial charge in [0, 0.05) is 11.4 Å². The Balaban J connectivity index is 0.808. The molecule has 0 aliphatic rings. The number of para-hydroxylation sites is 4. The minimum Gasteiger partial charge on any atom is -0.0602 e. The first-order valence-corrected chi connectivity index (χ1v) is 29.0. The van der Waals surface area contributed by atoms with Crippen molar-refractivity contribution in [2.24, 2.45) is 0 Å². The normalized spacial score (nSPS) is 12.1. The third-order valence-electron chi connectivity index (χ3n) is 16.9. The Morgan fingerprint density at radius 3 is 0.899 bits per heavy atom. The van der Waals surface area contributed by atoms with Crippen LogP contribution in [0.1, 0.15) is 0 Å². The van der Waals surface area contributed by atoms with E-state index < -0.39 is 0 Å². The van der Waals surface area contributed by atoms with E-state index in [1.54, 1.807) is 0 Å². The summed E-state index contributed by atoms with van der Waals surface area (Å²) in [5.74, 6) is 0. The van der Waals surface area contributed by atoms with Gasteiger partial charge < -0.3 is 4.57 Å². The van der Waals surface area contributed by atoms with Gasteiger partial charge >= 0.3 is 340 Å². The number of hydrogen-bond acceptors (Lipinski definition) is 0. The quantitative estimate of drug-likeness (QED) is 0.116. The SMILES string of the molecule is c1ccc(-n2c3ccccc3c3cc(-c4c5ccccc5c(-c5ccc6c(c5)[se]c5ccc(-c7c8ccccc8c(-c8ccc9c(c8)c8ccccc8n9-c8ccccc8)c8ccccc78)cc56)c5ccccc45)ccc32)cc1. The number of nitrogens with zero attached hydrogens (tertiary/aromatic N) is 2. The second kappa shape index (κ2) is 17.4. The fraction of sp³-hybridized carbons (Fsp3) is 0. The van der Waals surface area contributed by atoms with Gasteiger partial charge in [-0.2, -0.15) is 0 Å². The Morgan fingerprint density at radius 1 is 0.190 bits per heavy atom. The van der Waals surface area contributed by atoms with Crippen LogP contribution in [-0.4, -0.2) is 23.6 Å². The smallest absolute Gasteiger partial charge is 0.0380 e. The summed E-state index contributed by atoms with van der Waals surface area (Å²) in [6.45, 7) is 0. The maximum absolute atomic E-state index is 2.51. The topological polar surface area (TPSA) is 9.86 Å². The molecule has 366 valence electrons. The van der Waals surface area contributed by atoms with Gasteiger partial charge in [0.15, 0.2) is 0 Å². The van der Waals surface area contributed by atoms with E-state index in [0.29, 0.717) is 0 Å². The average molecular weight is 1070 g/mol. The molecule has 0 amide bonds. The summed E-state index contributed by atoms with van der Waals surface area (Å²) in [5, 5.41) is 17.9. The van der Waals surface area contributed by atoms with Crippen LogP contribution in [0.3, 0.4) is 0 Å². The van der Waals surface area contributed by atoms with Gasteiger partial charge in [0.1, 0.15) is 0 Å². The summed E-state index contributed by atoms with van der Waals surface area (Å²) in [6, 6.07) is 104. The Labute approximate surface area is 461 Å². The second-order valence-corrected chi connectivity index (χ2v) is 23.3. The molecule has 3 heterocycles. The van der Waals surface area contributed by atoms with Crippen LogP contribution in [0, 0.1) is 0 Å². The van der Waals surface area contributed by atoms with E-state index in [9.17, 15) is 0 Å². The molecule has 79 heavy (non-hydrogen) atoms. The van der Waals surface area contributed by atoms with Gasteiger partial charge in [0.2, 0.25) is 0 Å². The first-order chi connectivity index (χ1) is 39.2. The maximum Gasteiger partial charge on any atom is -0.0380 e. The summed E-state index contributed by atoms with van der Waals surface area (Å²) < 4.78 is 7.67. The molecule has 17 aromatic rings. The Bertz CT molecular complexity index is 5250. The van der Waals surface area contributed by atoms with E-state index in [-0.39, 0.29) is 14.5 Å². The molecular formula is C76H46N2Se. The number of fused-ring (bicyclic) bond motifs is 13. The van der Waals surface area contributed by atoms with Crippen molar-refractivity contribution in [1.29, 1.82) is 0 Å². The molecule has 0 N–H and O–H groups in total. The summed E-state index contributed by atoms with van der Waals surface area (Å²) in [6.07, 6.45) is 0. The van der Waals surface area contributed by atoms with Gasteiger partial charge in [-0.25, -0.2) is 0 Å². The maximum atomic E-state index is 2.51. The zero-order valence-electron chi connectivity index (χ0n) is 42.9. The number of hydrogen-bond donors (Lipinski definition) is 0. The minimum atomic E-state index is 0.148. The molecule has 0 bridgehead atoms. The molecule has 3 aromatic heterocycles. The van der Waals surface area contributed by atoms with E-state index >= 15 is 0 Å². The fourth-order valence-corrected chi connectivity index (χ4v) is 15.9. The van der Waals surface area contributed by atoms with Crippen LogP contribution in [-0.2, 0) is 0 Å². The average Bonchev–Trinajstić information content (AvgIpc) is 4.39. The van der Waals surface area contributed by atoms with Crippen LogP contribution >= 0.6 is 0 Å². The van der Waals surface area contributed by atoms with E-state index in [4.69, 9.17) is 0 Å². The molecule has 0 saturated heterocycles. The molecule has 0 aliphatic heterocycles. The molecule has 14 aromatic carbocycles. The van der Waals surface area contributed by atoms with Crippen molar-refractivity contribution >= 4 is 120 Å². The van der Waals surface area contributed by atoms with Crippen molar-refractivity contribution < 1.29 is 0 Å². The van der Waals surface area contributed by atoms with Crippen LogP contribution in [0.25, 0.3) is 162 Å². The van der Waals surface area contributed by atoms with E-state index in [1.807, 2.05) is 0 Å². The second-order valence-electron chi connectivity index (χ2n) is 21.0. The Kier molecular flexibility index (Phi) is 9.76. The molecule has 0 spiro atoms. The van der Waals surface area contributed by atoms with Crippen molar-refractivity contribution in [2.45, 2.75) is 0 Å². The van der Waals surface area contributed by atoms with E-state index in [2.05, 4.69) is 288 Å². The van der Waals surface area contributed by atoms with Crippen molar-refractivity contribution in [3.05, 3.63) is 279 Å². The van der Waals surface area contributed by atoms with E-state index in [1.165, 1.54) is 162 Å². The van der Waals surface area contributed by atoms with Crippen molar-refractivity contribution in [2.75, 3.05) is 0 Å². The molecule has 17 rings (SSSR count). The fourth-order valence-electron chi connectivity index (χ4n) is 13.6.